The van der Waals surface area contributed by atoms with Crippen LogP contribution in [0.2, 0.25) is 0 Å². The first-order valence-electron chi connectivity index (χ1n) is 7.38. The quantitative estimate of drug-likeness (QED) is 0.910. The Morgan fingerprint density at radius 2 is 2.14 bits per heavy atom. The standard InChI is InChI=1S/C16H18N2O3S/c1-10(19)18-16-14(12-6-2-3-7-13(12)22-16)15(20)17-9-11-5-4-8-21-11/h4-5,8H,2-3,6-7,9H2,1H3,(H,17,20)(H,18,19). The van der Waals surface area contributed by atoms with Crippen LogP contribution in [0.3, 0.4) is 0 Å². The Bertz CT molecular complexity index is 689. The summed E-state index contributed by atoms with van der Waals surface area (Å²) in [5.41, 5.74) is 1.72. The fraction of sp³-hybridized carbons (Fsp3) is 0.375. The van der Waals surface area contributed by atoms with Gasteiger partial charge in [0.1, 0.15) is 10.8 Å². The van der Waals surface area contributed by atoms with Crippen LogP contribution in [0.5, 0.6) is 0 Å². The summed E-state index contributed by atoms with van der Waals surface area (Å²) in [5, 5.41) is 6.34. The van der Waals surface area contributed by atoms with Crippen LogP contribution in [0.15, 0.2) is 22.8 Å². The van der Waals surface area contributed by atoms with Crippen LogP contribution < -0.4 is 10.6 Å². The van der Waals surface area contributed by atoms with Crippen LogP contribution in [0.4, 0.5) is 5.00 Å². The zero-order valence-electron chi connectivity index (χ0n) is 12.4. The lowest BCUT2D eigenvalue weighted by atomic mass is 9.95. The van der Waals surface area contributed by atoms with Gasteiger partial charge in [0.05, 0.1) is 18.4 Å². The summed E-state index contributed by atoms with van der Waals surface area (Å²) in [7, 11) is 0. The van der Waals surface area contributed by atoms with Gasteiger partial charge in [-0.3, -0.25) is 9.59 Å². The lowest BCUT2D eigenvalue weighted by Crippen LogP contribution is -2.25. The lowest BCUT2D eigenvalue weighted by Gasteiger charge is -2.12. The van der Waals surface area contributed by atoms with E-state index in [1.807, 2.05) is 6.07 Å². The van der Waals surface area contributed by atoms with Crippen LogP contribution >= 0.6 is 11.3 Å². The molecule has 1 aliphatic rings. The third-order valence-corrected chi connectivity index (χ3v) is 4.90. The van der Waals surface area contributed by atoms with Crippen LogP contribution in [-0.2, 0) is 24.2 Å². The Morgan fingerprint density at radius 3 is 2.86 bits per heavy atom. The van der Waals surface area contributed by atoms with Crippen LogP contribution in [-0.4, -0.2) is 11.8 Å². The molecule has 116 valence electrons. The highest BCUT2D eigenvalue weighted by atomic mass is 32.1. The van der Waals surface area contributed by atoms with Crippen molar-refractivity contribution in [3.63, 3.8) is 0 Å². The minimum Gasteiger partial charge on any atom is -0.467 e. The molecule has 0 saturated heterocycles. The molecule has 0 radical (unpaired) electrons. The van der Waals surface area contributed by atoms with E-state index >= 15 is 0 Å². The number of thiophene rings is 1. The summed E-state index contributed by atoms with van der Waals surface area (Å²) in [5.74, 6) is 0.400. The van der Waals surface area contributed by atoms with Crippen molar-refractivity contribution in [1.29, 1.82) is 0 Å². The molecule has 2 aromatic rings. The first-order valence-corrected chi connectivity index (χ1v) is 8.19. The van der Waals surface area contributed by atoms with Crippen LogP contribution in [0.25, 0.3) is 0 Å². The van der Waals surface area contributed by atoms with Gasteiger partial charge in [-0.2, -0.15) is 0 Å². The first-order chi connectivity index (χ1) is 10.6. The molecule has 5 nitrogen and oxygen atoms in total. The summed E-state index contributed by atoms with van der Waals surface area (Å²) in [6, 6.07) is 3.61. The summed E-state index contributed by atoms with van der Waals surface area (Å²) in [4.78, 5) is 25.2. The highest BCUT2D eigenvalue weighted by Gasteiger charge is 2.25. The van der Waals surface area contributed by atoms with Crippen molar-refractivity contribution in [1.82, 2.24) is 5.32 Å². The molecule has 0 aromatic carbocycles. The molecule has 2 amide bonds. The molecular weight excluding hydrogens is 300 g/mol. The molecule has 1 aliphatic carbocycles. The van der Waals surface area contributed by atoms with Gasteiger partial charge in [-0.1, -0.05) is 0 Å². The SMILES string of the molecule is CC(=O)Nc1sc2c(c1C(=O)NCc1ccco1)CCCC2. The average Bonchev–Trinajstić information content (AvgIpc) is 3.11. The molecule has 0 bridgehead atoms. The maximum absolute atomic E-state index is 12.6. The van der Waals surface area contributed by atoms with Crippen molar-refractivity contribution in [3.05, 3.63) is 40.2 Å². The fourth-order valence-electron chi connectivity index (χ4n) is 2.72. The molecule has 0 fully saturated rings. The number of hydrogen-bond donors (Lipinski definition) is 2. The second-order valence-electron chi connectivity index (χ2n) is 5.36. The van der Waals surface area contributed by atoms with E-state index in [4.69, 9.17) is 4.42 Å². The van der Waals surface area contributed by atoms with E-state index in [1.54, 1.807) is 12.3 Å². The molecule has 3 rings (SSSR count). The van der Waals surface area contributed by atoms with Gasteiger partial charge in [-0.05, 0) is 43.4 Å². The van der Waals surface area contributed by atoms with Gasteiger partial charge in [0.15, 0.2) is 0 Å². The van der Waals surface area contributed by atoms with E-state index in [9.17, 15) is 9.59 Å². The summed E-state index contributed by atoms with van der Waals surface area (Å²) in [6.45, 7) is 1.80. The lowest BCUT2D eigenvalue weighted by molar-refractivity contribution is -0.114. The zero-order valence-corrected chi connectivity index (χ0v) is 13.2. The van der Waals surface area contributed by atoms with E-state index < -0.39 is 0 Å². The van der Waals surface area contributed by atoms with Gasteiger partial charge in [0, 0.05) is 11.8 Å². The average molecular weight is 318 g/mol. The number of carbonyl (C=O) groups is 2. The minimum atomic E-state index is -0.154. The molecule has 6 heteroatoms. The van der Waals surface area contributed by atoms with Crippen LogP contribution in [0, 0.1) is 0 Å². The van der Waals surface area contributed by atoms with Crippen molar-refractivity contribution in [2.75, 3.05) is 5.32 Å². The monoisotopic (exact) mass is 318 g/mol. The van der Waals surface area contributed by atoms with E-state index in [-0.39, 0.29) is 11.8 Å². The number of rotatable bonds is 4. The van der Waals surface area contributed by atoms with Crippen molar-refractivity contribution in [3.8, 4) is 0 Å². The third kappa shape index (κ3) is 3.06. The molecule has 0 saturated carbocycles. The van der Waals surface area contributed by atoms with Gasteiger partial charge < -0.3 is 15.1 Å². The van der Waals surface area contributed by atoms with Crippen molar-refractivity contribution >= 4 is 28.2 Å². The Kier molecular flexibility index (Phi) is 4.29. The predicted octanol–water partition coefficient (Wildman–Crippen LogP) is 3.11. The second kappa shape index (κ2) is 6.36. The summed E-state index contributed by atoms with van der Waals surface area (Å²) >= 11 is 1.53. The maximum atomic E-state index is 12.6. The van der Waals surface area contributed by atoms with Crippen LogP contribution in [0.1, 0.15) is 46.3 Å². The molecule has 2 heterocycles. The number of furan rings is 1. The highest BCUT2D eigenvalue weighted by Crippen LogP contribution is 2.38. The number of aryl methyl sites for hydroxylation is 1. The number of anilines is 1. The molecule has 0 aliphatic heterocycles. The van der Waals surface area contributed by atoms with Crippen molar-refractivity contribution in [2.45, 2.75) is 39.2 Å². The number of fused-ring (bicyclic) bond motifs is 1. The van der Waals surface area contributed by atoms with Crippen molar-refractivity contribution < 1.29 is 14.0 Å². The van der Waals surface area contributed by atoms with Crippen molar-refractivity contribution in [2.24, 2.45) is 0 Å². The molecular formula is C16H18N2O3S. The summed E-state index contributed by atoms with van der Waals surface area (Å²) < 4.78 is 5.23. The zero-order chi connectivity index (χ0) is 15.5. The number of nitrogens with one attached hydrogen (secondary N) is 2. The Labute approximate surface area is 132 Å². The molecule has 22 heavy (non-hydrogen) atoms. The topological polar surface area (TPSA) is 71.3 Å². The Morgan fingerprint density at radius 1 is 1.32 bits per heavy atom. The molecule has 2 aromatic heterocycles. The molecule has 0 atom stereocenters. The van der Waals surface area contributed by atoms with E-state index in [0.717, 1.165) is 31.2 Å². The number of amides is 2. The van der Waals surface area contributed by atoms with Gasteiger partial charge in [0.25, 0.3) is 5.91 Å². The smallest absolute Gasteiger partial charge is 0.254 e. The molecule has 0 unspecified atom stereocenters. The van der Waals surface area contributed by atoms with Gasteiger partial charge in [0.2, 0.25) is 5.91 Å². The van der Waals surface area contributed by atoms with E-state index in [2.05, 4.69) is 10.6 Å². The second-order valence-corrected chi connectivity index (χ2v) is 6.46. The van der Waals surface area contributed by atoms with Gasteiger partial charge in [-0.25, -0.2) is 0 Å². The Balaban J connectivity index is 1.84. The first kappa shape index (κ1) is 14.8. The van der Waals surface area contributed by atoms with E-state index in [1.165, 1.54) is 23.1 Å². The largest absolute Gasteiger partial charge is 0.467 e. The number of hydrogen-bond acceptors (Lipinski definition) is 4. The fourth-order valence-corrected chi connectivity index (χ4v) is 4.06. The maximum Gasteiger partial charge on any atom is 0.254 e. The van der Waals surface area contributed by atoms with Gasteiger partial charge in [-0.15, -0.1) is 11.3 Å². The molecule has 0 spiro atoms. The van der Waals surface area contributed by atoms with E-state index in [0.29, 0.717) is 22.9 Å². The minimum absolute atomic E-state index is 0.153. The Hall–Kier alpha value is -2.08. The third-order valence-electron chi connectivity index (χ3n) is 3.69. The van der Waals surface area contributed by atoms with Gasteiger partial charge >= 0.3 is 0 Å². The highest BCUT2D eigenvalue weighted by molar-refractivity contribution is 7.17. The summed E-state index contributed by atoms with van der Waals surface area (Å²) in [6.07, 6.45) is 5.69. The normalized spacial score (nSPS) is 13.5. The molecule has 2 N–H and O–H groups in total. The predicted molar refractivity (Wildman–Crippen MR) is 85.1 cm³/mol. The number of carbonyl (C=O) groups excluding carboxylic acids is 2.